The Kier molecular flexibility index (Phi) is 4.76. The van der Waals surface area contributed by atoms with Crippen molar-refractivity contribution in [2.45, 2.75) is 37.8 Å². The van der Waals surface area contributed by atoms with E-state index in [-0.39, 0.29) is 17.8 Å². The van der Waals surface area contributed by atoms with Crippen LogP contribution < -0.4 is 0 Å². The first-order chi connectivity index (χ1) is 12.9. The molecule has 2 aliphatic carbocycles. The highest BCUT2D eigenvalue weighted by Gasteiger charge is 2.44. The highest BCUT2D eigenvalue weighted by molar-refractivity contribution is 5.99. The Morgan fingerprint density at radius 3 is 2.41 bits per heavy atom. The number of nitrogens with one attached hydrogen (secondary N) is 1. The van der Waals surface area contributed by atoms with Crippen molar-refractivity contribution >= 4 is 5.91 Å². The van der Waals surface area contributed by atoms with Crippen molar-refractivity contribution in [2.24, 2.45) is 11.8 Å². The number of benzene rings is 1. The maximum Gasteiger partial charge on any atom is 0.257 e. The van der Waals surface area contributed by atoms with Crippen molar-refractivity contribution in [3.8, 4) is 11.3 Å². The molecule has 27 heavy (non-hydrogen) atoms. The maximum absolute atomic E-state index is 13.6. The third kappa shape index (κ3) is 3.38. The number of rotatable bonds is 4. The van der Waals surface area contributed by atoms with Gasteiger partial charge in [0.25, 0.3) is 5.91 Å². The lowest BCUT2D eigenvalue weighted by Gasteiger charge is -2.27. The quantitative estimate of drug-likeness (QED) is 0.897. The van der Waals surface area contributed by atoms with Crippen LogP contribution in [0.2, 0.25) is 0 Å². The van der Waals surface area contributed by atoms with Gasteiger partial charge in [0, 0.05) is 24.7 Å². The summed E-state index contributed by atoms with van der Waals surface area (Å²) in [5.74, 6) is 1.06. The van der Waals surface area contributed by atoms with Gasteiger partial charge in [-0.15, -0.1) is 0 Å². The molecular weight excluding hydrogens is 343 g/mol. The SMILES string of the molecule is CN(C)C1C[C@@H]2CC(N(C)C(=O)c3cn[nH]c3-c3cccc(F)c3)C[C@@H]2C1. The van der Waals surface area contributed by atoms with Gasteiger partial charge in [-0.1, -0.05) is 12.1 Å². The normalized spacial score (nSPS) is 27.1. The van der Waals surface area contributed by atoms with Crippen LogP contribution in [0.1, 0.15) is 36.0 Å². The number of carbonyl (C=O) groups excluding carboxylic acids is 1. The van der Waals surface area contributed by atoms with Crippen molar-refractivity contribution in [3.63, 3.8) is 0 Å². The van der Waals surface area contributed by atoms with Gasteiger partial charge in [0.2, 0.25) is 0 Å². The van der Waals surface area contributed by atoms with Gasteiger partial charge < -0.3 is 9.80 Å². The van der Waals surface area contributed by atoms with Crippen LogP contribution in [-0.4, -0.2) is 59.1 Å². The molecule has 0 aliphatic heterocycles. The van der Waals surface area contributed by atoms with Crippen molar-refractivity contribution in [2.75, 3.05) is 21.1 Å². The first kappa shape index (κ1) is 18.2. The van der Waals surface area contributed by atoms with E-state index in [2.05, 4.69) is 29.2 Å². The number of hydrogen-bond donors (Lipinski definition) is 1. The van der Waals surface area contributed by atoms with E-state index in [4.69, 9.17) is 0 Å². The van der Waals surface area contributed by atoms with Gasteiger partial charge in [-0.25, -0.2) is 4.39 Å². The van der Waals surface area contributed by atoms with E-state index in [0.717, 1.165) is 12.8 Å². The van der Waals surface area contributed by atoms with Gasteiger partial charge >= 0.3 is 0 Å². The molecule has 1 amide bonds. The summed E-state index contributed by atoms with van der Waals surface area (Å²) < 4.78 is 13.6. The standard InChI is InChI=1S/C21H27FN4O/c1-25(2)17-8-14-10-18(11-15(14)9-17)26(3)21(27)19-12-23-24-20(19)13-5-4-6-16(22)7-13/h4-7,12,14-15,17-18H,8-11H2,1-3H3,(H,23,24)/t14-,15+,17?,18?. The monoisotopic (exact) mass is 370 g/mol. The minimum atomic E-state index is -0.326. The van der Waals surface area contributed by atoms with Crippen LogP contribution in [0.5, 0.6) is 0 Å². The zero-order valence-electron chi connectivity index (χ0n) is 16.2. The molecule has 0 spiro atoms. The predicted molar refractivity (Wildman–Crippen MR) is 103 cm³/mol. The number of nitrogens with zero attached hydrogens (tertiary/aromatic N) is 3. The Labute approximate surface area is 159 Å². The lowest BCUT2D eigenvalue weighted by Crippen LogP contribution is -2.36. The molecule has 2 aromatic rings. The summed E-state index contributed by atoms with van der Waals surface area (Å²) in [7, 11) is 6.21. The molecule has 2 aliphatic rings. The highest BCUT2D eigenvalue weighted by atomic mass is 19.1. The molecule has 2 saturated carbocycles. The average molecular weight is 370 g/mol. The second-order valence-corrected chi connectivity index (χ2v) is 8.32. The van der Waals surface area contributed by atoms with Crippen LogP contribution in [0.3, 0.4) is 0 Å². The molecule has 0 saturated heterocycles. The zero-order valence-corrected chi connectivity index (χ0v) is 16.2. The lowest BCUT2D eigenvalue weighted by atomic mass is 10.0. The number of H-pyrrole nitrogens is 1. The van der Waals surface area contributed by atoms with E-state index < -0.39 is 0 Å². The van der Waals surface area contributed by atoms with E-state index in [1.807, 2.05) is 11.9 Å². The highest BCUT2D eigenvalue weighted by Crippen LogP contribution is 2.46. The van der Waals surface area contributed by atoms with Gasteiger partial charge in [0.05, 0.1) is 17.5 Å². The van der Waals surface area contributed by atoms with E-state index in [1.165, 1.54) is 25.0 Å². The molecule has 2 unspecified atom stereocenters. The van der Waals surface area contributed by atoms with Crippen LogP contribution in [0.25, 0.3) is 11.3 Å². The number of fused-ring (bicyclic) bond motifs is 1. The first-order valence-corrected chi connectivity index (χ1v) is 9.67. The summed E-state index contributed by atoms with van der Waals surface area (Å²) in [5.41, 5.74) is 1.73. The molecule has 6 heteroatoms. The minimum absolute atomic E-state index is 0.0443. The molecule has 0 bridgehead atoms. The second kappa shape index (κ2) is 7.08. The minimum Gasteiger partial charge on any atom is -0.339 e. The van der Waals surface area contributed by atoms with Crippen LogP contribution in [0.4, 0.5) is 4.39 Å². The fourth-order valence-corrected chi connectivity index (χ4v) is 4.96. The number of hydrogen-bond acceptors (Lipinski definition) is 3. The maximum atomic E-state index is 13.6. The molecule has 0 radical (unpaired) electrons. The lowest BCUT2D eigenvalue weighted by molar-refractivity contribution is 0.0727. The predicted octanol–water partition coefficient (Wildman–Crippen LogP) is 3.41. The number of aromatic nitrogens is 2. The van der Waals surface area contributed by atoms with Crippen LogP contribution in [0.15, 0.2) is 30.5 Å². The first-order valence-electron chi connectivity index (χ1n) is 9.67. The van der Waals surface area contributed by atoms with E-state index in [9.17, 15) is 9.18 Å². The van der Waals surface area contributed by atoms with Crippen molar-refractivity contribution in [1.29, 1.82) is 0 Å². The molecule has 2 fully saturated rings. The van der Waals surface area contributed by atoms with E-state index in [0.29, 0.717) is 34.7 Å². The molecule has 4 atom stereocenters. The summed E-state index contributed by atoms with van der Waals surface area (Å²) in [6, 6.07) is 7.19. The topological polar surface area (TPSA) is 52.2 Å². The fourth-order valence-electron chi connectivity index (χ4n) is 4.96. The summed E-state index contributed by atoms with van der Waals surface area (Å²) in [5, 5.41) is 6.91. The average Bonchev–Trinajstić information content (AvgIpc) is 3.34. The fraction of sp³-hybridized carbons (Fsp3) is 0.524. The smallest absolute Gasteiger partial charge is 0.257 e. The molecule has 1 aromatic heterocycles. The van der Waals surface area contributed by atoms with Gasteiger partial charge in [-0.3, -0.25) is 9.89 Å². The Morgan fingerprint density at radius 2 is 1.78 bits per heavy atom. The van der Waals surface area contributed by atoms with Crippen molar-refractivity contribution in [3.05, 3.63) is 41.8 Å². The van der Waals surface area contributed by atoms with Crippen molar-refractivity contribution in [1.82, 2.24) is 20.0 Å². The van der Waals surface area contributed by atoms with Gasteiger partial charge in [-0.2, -0.15) is 5.10 Å². The number of halogens is 1. The van der Waals surface area contributed by atoms with Crippen molar-refractivity contribution < 1.29 is 9.18 Å². The Morgan fingerprint density at radius 1 is 1.11 bits per heavy atom. The van der Waals surface area contributed by atoms with Gasteiger partial charge in [-0.05, 0) is 63.7 Å². The second-order valence-electron chi connectivity index (χ2n) is 8.32. The Balaban J connectivity index is 1.48. The van der Waals surface area contributed by atoms with Crippen LogP contribution in [0, 0.1) is 17.7 Å². The zero-order chi connectivity index (χ0) is 19.1. The molecular formula is C21H27FN4O. The van der Waals surface area contributed by atoms with Crippen LogP contribution in [-0.2, 0) is 0 Å². The summed E-state index contributed by atoms with van der Waals surface area (Å²) in [6.07, 6.45) is 6.17. The number of carbonyl (C=O) groups is 1. The summed E-state index contributed by atoms with van der Waals surface area (Å²) in [6.45, 7) is 0. The molecule has 1 N–H and O–H groups in total. The summed E-state index contributed by atoms with van der Waals surface area (Å²) in [4.78, 5) is 17.3. The van der Waals surface area contributed by atoms with Crippen LogP contribution >= 0.6 is 0 Å². The molecule has 4 rings (SSSR count). The third-order valence-electron chi connectivity index (χ3n) is 6.55. The third-order valence-corrected chi connectivity index (χ3v) is 6.55. The molecule has 1 heterocycles. The number of aromatic amines is 1. The van der Waals surface area contributed by atoms with Gasteiger partial charge in [0.1, 0.15) is 5.82 Å². The van der Waals surface area contributed by atoms with E-state index in [1.54, 1.807) is 18.3 Å². The van der Waals surface area contributed by atoms with Gasteiger partial charge in [0.15, 0.2) is 0 Å². The Hall–Kier alpha value is -2.21. The number of amides is 1. The largest absolute Gasteiger partial charge is 0.339 e. The molecule has 1 aromatic carbocycles. The van der Waals surface area contributed by atoms with E-state index >= 15 is 0 Å². The Bertz CT molecular complexity index is 819. The summed E-state index contributed by atoms with van der Waals surface area (Å²) >= 11 is 0. The molecule has 144 valence electrons. The molecule has 5 nitrogen and oxygen atoms in total.